The molecule has 0 bridgehead atoms. The van der Waals surface area contributed by atoms with Crippen molar-refractivity contribution in [1.82, 2.24) is 0 Å². The number of rotatable bonds is 2. The van der Waals surface area contributed by atoms with Crippen molar-refractivity contribution < 1.29 is 14.4 Å². The predicted octanol–water partition coefficient (Wildman–Crippen LogP) is 9.00. The van der Waals surface area contributed by atoms with Gasteiger partial charge in [-0.05, 0) is 89.5 Å². The third kappa shape index (κ3) is 6.19. The Morgan fingerprint density at radius 2 is 0.875 bits per heavy atom. The summed E-state index contributed by atoms with van der Waals surface area (Å²) in [6.07, 6.45) is 12.3. The van der Waals surface area contributed by atoms with Crippen molar-refractivity contribution in [3.63, 3.8) is 0 Å². The van der Waals surface area contributed by atoms with Gasteiger partial charge in [-0.2, -0.15) is 0 Å². The van der Waals surface area contributed by atoms with Crippen LogP contribution in [0.25, 0.3) is 0 Å². The molecular formula is C37H49O3+. The van der Waals surface area contributed by atoms with E-state index in [1.165, 1.54) is 0 Å². The molecule has 0 aliphatic heterocycles. The van der Waals surface area contributed by atoms with Gasteiger partial charge in [0, 0.05) is 45.6 Å². The van der Waals surface area contributed by atoms with Crippen LogP contribution in [0.5, 0.6) is 0 Å². The van der Waals surface area contributed by atoms with Crippen LogP contribution in [0.15, 0.2) is 81.0 Å². The fraction of sp³-hybridized carbons (Fsp3) is 0.514. The molecule has 0 unspecified atom stereocenters. The third-order valence-electron chi connectivity index (χ3n) is 7.94. The molecule has 0 spiro atoms. The fourth-order valence-electron chi connectivity index (χ4n) is 5.56. The molecule has 0 fully saturated rings. The van der Waals surface area contributed by atoms with E-state index in [-0.39, 0.29) is 44.9 Å². The van der Waals surface area contributed by atoms with Crippen LogP contribution in [0.3, 0.4) is 0 Å². The molecule has 0 N–H and O–H groups in total. The van der Waals surface area contributed by atoms with Gasteiger partial charge in [0.05, 0.1) is 22.6 Å². The van der Waals surface area contributed by atoms with Gasteiger partial charge >= 0.3 is 0 Å². The SMILES string of the molecule is CC1=CC(C(=C2C=C(C(C)(C)C)C(=O)C(C(C)(C)C)=C2)[C+]2C=C(C(C)(C)C)C(=O)C(C(C)(C)C)=C2)C=C(C)C1=O. The minimum Gasteiger partial charge on any atom is -0.289 e. The highest BCUT2D eigenvalue weighted by molar-refractivity contribution is 6.13. The summed E-state index contributed by atoms with van der Waals surface area (Å²) in [4.78, 5) is 40.4. The topological polar surface area (TPSA) is 51.2 Å². The van der Waals surface area contributed by atoms with Crippen LogP contribution in [0.2, 0.25) is 0 Å². The van der Waals surface area contributed by atoms with E-state index in [4.69, 9.17) is 0 Å². The lowest BCUT2D eigenvalue weighted by molar-refractivity contribution is -0.114. The van der Waals surface area contributed by atoms with Gasteiger partial charge in [-0.15, -0.1) is 0 Å². The highest BCUT2D eigenvalue weighted by Crippen LogP contribution is 2.47. The summed E-state index contributed by atoms with van der Waals surface area (Å²) < 4.78 is 0. The lowest BCUT2D eigenvalue weighted by atomic mass is 9.66. The lowest BCUT2D eigenvalue weighted by Crippen LogP contribution is -2.31. The highest BCUT2D eigenvalue weighted by atomic mass is 16.1. The van der Waals surface area contributed by atoms with E-state index in [1.807, 2.05) is 50.3 Å². The number of hydrogen-bond acceptors (Lipinski definition) is 3. The van der Waals surface area contributed by atoms with E-state index in [0.717, 1.165) is 39.4 Å². The van der Waals surface area contributed by atoms with E-state index < -0.39 is 0 Å². The molecule has 0 aromatic carbocycles. The maximum atomic E-state index is 13.8. The first kappa shape index (κ1) is 31.6. The Hall–Kier alpha value is -2.94. The average Bonchev–Trinajstić information content (AvgIpc) is 2.76. The van der Waals surface area contributed by atoms with Crippen molar-refractivity contribution in [2.45, 2.75) is 96.9 Å². The Balaban J connectivity index is 2.52. The molecule has 0 saturated carbocycles. The first-order valence-corrected chi connectivity index (χ1v) is 14.5. The zero-order chi connectivity index (χ0) is 30.7. The monoisotopic (exact) mass is 541 g/mol. The Bertz CT molecular complexity index is 1270. The molecule has 0 heterocycles. The molecule has 0 radical (unpaired) electrons. The van der Waals surface area contributed by atoms with Crippen molar-refractivity contribution in [3.8, 4) is 0 Å². The largest absolute Gasteiger partial charge is 0.289 e. The van der Waals surface area contributed by atoms with Gasteiger partial charge in [-0.3, -0.25) is 14.4 Å². The highest BCUT2D eigenvalue weighted by Gasteiger charge is 2.44. The summed E-state index contributed by atoms with van der Waals surface area (Å²) in [5, 5.41) is 0. The molecule has 214 valence electrons. The standard InChI is InChI=1S/C37H49O3/c1-21-15-23(16-22(2)31(21)38)30(24-17-26(34(3,4)5)32(39)27(18-24)35(6,7)8)25-19-28(36(9,10)11)33(40)29(20-25)37(12,13)14/h15-20,23H,1-14H3/q+1. The minimum atomic E-state index is -0.357. The Labute approximate surface area is 243 Å². The molecule has 0 saturated heterocycles. The average molecular weight is 542 g/mol. The molecule has 3 aliphatic rings. The summed E-state index contributed by atoms with van der Waals surface area (Å²) in [6, 6.07) is 0. The molecular weight excluding hydrogens is 492 g/mol. The zero-order valence-electron chi connectivity index (χ0n) is 27.3. The van der Waals surface area contributed by atoms with E-state index in [2.05, 4.69) is 83.1 Å². The van der Waals surface area contributed by atoms with E-state index in [0.29, 0.717) is 11.1 Å². The van der Waals surface area contributed by atoms with Crippen LogP contribution in [0, 0.1) is 33.5 Å². The van der Waals surface area contributed by atoms with Crippen molar-refractivity contribution in [2.75, 3.05) is 0 Å². The minimum absolute atomic E-state index is 0.0527. The summed E-state index contributed by atoms with van der Waals surface area (Å²) in [7, 11) is 0. The molecule has 3 nitrogen and oxygen atoms in total. The maximum Gasteiger partial charge on any atom is 0.265 e. The number of ketones is 3. The smallest absolute Gasteiger partial charge is 0.265 e. The molecule has 40 heavy (non-hydrogen) atoms. The number of carbonyl (C=O) groups excluding carboxylic acids is 3. The quantitative estimate of drug-likeness (QED) is 0.328. The maximum absolute atomic E-state index is 13.8. The first-order chi connectivity index (χ1) is 17.9. The lowest BCUT2D eigenvalue weighted by Gasteiger charge is -2.33. The van der Waals surface area contributed by atoms with Crippen LogP contribution >= 0.6 is 0 Å². The van der Waals surface area contributed by atoms with Crippen molar-refractivity contribution in [1.29, 1.82) is 0 Å². The second-order valence-electron chi connectivity index (χ2n) is 15.8. The molecule has 3 heteroatoms. The summed E-state index contributed by atoms with van der Waals surface area (Å²) in [5.41, 5.74) is 5.05. The molecule has 0 aromatic rings. The van der Waals surface area contributed by atoms with E-state index >= 15 is 0 Å². The van der Waals surface area contributed by atoms with Gasteiger partial charge in [0.25, 0.3) is 5.78 Å². The number of hydrogen-bond donors (Lipinski definition) is 0. The molecule has 0 aromatic heterocycles. The normalized spacial score (nSPS) is 20.1. The van der Waals surface area contributed by atoms with Crippen LogP contribution in [-0.4, -0.2) is 17.3 Å². The van der Waals surface area contributed by atoms with Crippen molar-refractivity contribution in [3.05, 3.63) is 87.0 Å². The van der Waals surface area contributed by atoms with Crippen molar-refractivity contribution in [2.24, 2.45) is 27.6 Å². The Kier molecular flexibility index (Phi) is 8.02. The van der Waals surface area contributed by atoms with E-state index in [1.54, 1.807) is 0 Å². The molecule has 3 aliphatic carbocycles. The predicted molar refractivity (Wildman–Crippen MR) is 166 cm³/mol. The summed E-state index contributed by atoms with van der Waals surface area (Å²) in [5.74, 6) is 0.994. The zero-order valence-corrected chi connectivity index (χ0v) is 27.3. The van der Waals surface area contributed by atoms with Crippen LogP contribution in [-0.2, 0) is 14.4 Å². The summed E-state index contributed by atoms with van der Waals surface area (Å²) >= 11 is 0. The molecule has 3 rings (SSSR count). The van der Waals surface area contributed by atoms with Gasteiger partial charge in [0.1, 0.15) is 0 Å². The van der Waals surface area contributed by atoms with Gasteiger partial charge in [0.15, 0.2) is 11.6 Å². The number of Topliss-reactive ketones (excluding diaryl/α,β-unsaturated/α-hetero) is 3. The Morgan fingerprint density at radius 1 is 0.550 bits per heavy atom. The van der Waals surface area contributed by atoms with Gasteiger partial charge in [-0.25, -0.2) is 0 Å². The number of carbonyl (C=O) groups is 3. The molecule has 0 amide bonds. The van der Waals surface area contributed by atoms with Crippen LogP contribution in [0.4, 0.5) is 0 Å². The molecule has 0 atom stereocenters. The van der Waals surface area contributed by atoms with Gasteiger partial charge < -0.3 is 0 Å². The Morgan fingerprint density at radius 3 is 1.20 bits per heavy atom. The van der Waals surface area contributed by atoms with Gasteiger partial charge in [0.2, 0.25) is 0 Å². The van der Waals surface area contributed by atoms with Gasteiger partial charge in [-0.1, -0.05) is 53.7 Å². The first-order valence-electron chi connectivity index (χ1n) is 14.5. The van der Waals surface area contributed by atoms with Crippen LogP contribution < -0.4 is 0 Å². The van der Waals surface area contributed by atoms with Crippen LogP contribution in [0.1, 0.15) is 96.9 Å². The second kappa shape index (κ2) is 10.2. The van der Waals surface area contributed by atoms with Crippen molar-refractivity contribution >= 4 is 17.3 Å². The third-order valence-corrected chi connectivity index (χ3v) is 7.94. The van der Waals surface area contributed by atoms with E-state index in [9.17, 15) is 14.4 Å². The second-order valence-corrected chi connectivity index (χ2v) is 15.8. The summed E-state index contributed by atoms with van der Waals surface area (Å²) in [6.45, 7) is 28.7. The number of allylic oxidation sites excluding steroid dienone is 14. The fourth-order valence-corrected chi connectivity index (χ4v) is 5.56.